The third kappa shape index (κ3) is 2.75. The minimum Gasteiger partial charge on any atom is -0.482 e. The molecule has 0 bridgehead atoms. The van der Waals surface area contributed by atoms with Crippen molar-refractivity contribution in [3.05, 3.63) is 23.8 Å². The van der Waals surface area contributed by atoms with Crippen LogP contribution in [0, 0.1) is 0 Å². The third-order valence-corrected chi connectivity index (χ3v) is 6.36. The van der Waals surface area contributed by atoms with Crippen LogP contribution in [0.3, 0.4) is 0 Å². The van der Waals surface area contributed by atoms with E-state index in [0.717, 1.165) is 6.42 Å². The van der Waals surface area contributed by atoms with Crippen LogP contribution in [0.1, 0.15) is 30.9 Å². The molecule has 2 aliphatic heterocycles. The van der Waals surface area contributed by atoms with Crippen molar-refractivity contribution in [1.29, 1.82) is 0 Å². The number of anilines is 1. The lowest BCUT2D eigenvalue weighted by Gasteiger charge is -2.28. The molecule has 0 aromatic heterocycles. The summed E-state index contributed by atoms with van der Waals surface area (Å²) in [6.07, 6.45) is 2.17. The average Bonchev–Trinajstić information content (AvgIpc) is 2.45. The van der Waals surface area contributed by atoms with E-state index < -0.39 is 21.1 Å². The Morgan fingerprint density at radius 1 is 1.33 bits per heavy atom. The van der Waals surface area contributed by atoms with Crippen molar-refractivity contribution in [1.82, 2.24) is 0 Å². The van der Waals surface area contributed by atoms with Gasteiger partial charge in [0.05, 0.1) is 16.7 Å². The van der Waals surface area contributed by atoms with Crippen LogP contribution < -0.4 is 15.8 Å². The SMILES string of the molecule is NC(c1ccc2c(c1)NC(=O)CO2)C1CCCCS1(=O)=O. The van der Waals surface area contributed by atoms with Crippen LogP contribution in [0.25, 0.3) is 0 Å². The second kappa shape index (κ2) is 5.31. The van der Waals surface area contributed by atoms with Crippen molar-refractivity contribution in [2.75, 3.05) is 17.7 Å². The minimum atomic E-state index is -3.15. The van der Waals surface area contributed by atoms with Crippen molar-refractivity contribution in [2.45, 2.75) is 30.6 Å². The molecule has 21 heavy (non-hydrogen) atoms. The molecule has 6 nitrogen and oxygen atoms in total. The molecular weight excluding hydrogens is 292 g/mol. The van der Waals surface area contributed by atoms with Gasteiger partial charge in [0.1, 0.15) is 5.75 Å². The Morgan fingerprint density at radius 2 is 2.14 bits per heavy atom. The summed E-state index contributed by atoms with van der Waals surface area (Å²) >= 11 is 0. The van der Waals surface area contributed by atoms with Gasteiger partial charge in [-0.25, -0.2) is 8.42 Å². The molecule has 2 atom stereocenters. The Kier molecular flexibility index (Phi) is 3.62. The number of hydrogen-bond acceptors (Lipinski definition) is 5. The number of amides is 1. The van der Waals surface area contributed by atoms with E-state index in [9.17, 15) is 13.2 Å². The van der Waals surface area contributed by atoms with E-state index in [1.165, 1.54) is 0 Å². The standard InChI is InChI=1S/C14H18N2O4S/c15-14(12-3-1-2-6-21(12,18)19)9-4-5-11-10(7-9)16-13(17)8-20-11/h4-5,7,12,14H,1-3,6,8,15H2,(H,16,17). The fraction of sp³-hybridized carbons (Fsp3) is 0.500. The van der Waals surface area contributed by atoms with E-state index in [0.29, 0.717) is 29.8 Å². The number of carbonyl (C=O) groups excluding carboxylic acids is 1. The largest absolute Gasteiger partial charge is 0.482 e. The second-order valence-electron chi connectivity index (χ2n) is 5.52. The summed E-state index contributed by atoms with van der Waals surface area (Å²) in [5.74, 6) is 0.562. The first-order chi connectivity index (χ1) is 9.97. The molecule has 1 amide bonds. The first-order valence-electron chi connectivity index (χ1n) is 7.01. The van der Waals surface area contributed by atoms with E-state index in [4.69, 9.17) is 10.5 Å². The van der Waals surface area contributed by atoms with Gasteiger partial charge < -0.3 is 15.8 Å². The van der Waals surface area contributed by atoms with Crippen molar-refractivity contribution in [3.63, 3.8) is 0 Å². The Labute approximate surface area is 123 Å². The number of fused-ring (bicyclic) bond motifs is 1. The molecule has 114 valence electrons. The molecule has 1 aromatic rings. The maximum Gasteiger partial charge on any atom is 0.262 e. The molecule has 3 N–H and O–H groups in total. The Hall–Kier alpha value is -1.60. The Balaban J connectivity index is 1.89. The first kappa shape index (κ1) is 14.3. The van der Waals surface area contributed by atoms with Gasteiger partial charge in [-0.2, -0.15) is 0 Å². The molecule has 7 heteroatoms. The quantitative estimate of drug-likeness (QED) is 0.848. The molecule has 1 saturated heterocycles. The van der Waals surface area contributed by atoms with Crippen LogP contribution in [0.15, 0.2) is 18.2 Å². The van der Waals surface area contributed by atoms with E-state index in [2.05, 4.69) is 5.32 Å². The summed E-state index contributed by atoms with van der Waals surface area (Å²) < 4.78 is 29.6. The van der Waals surface area contributed by atoms with Crippen molar-refractivity contribution in [2.24, 2.45) is 5.73 Å². The summed E-state index contributed by atoms with van der Waals surface area (Å²) in [4.78, 5) is 11.3. The van der Waals surface area contributed by atoms with Crippen LogP contribution in [-0.4, -0.2) is 31.9 Å². The number of carbonyl (C=O) groups is 1. The molecule has 0 spiro atoms. The highest BCUT2D eigenvalue weighted by atomic mass is 32.2. The number of rotatable bonds is 2. The maximum atomic E-state index is 12.2. The van der Waals surface area contributed by atoms with Crippen LogP contribution in [0.2, 0.25) is 0 Å². The van der Waals surface area contributed by atoms with E-state index in [1.54, 1.807) is 18.2 Å². The summed E-state index contributed by atoms with van der Waals surface area (Å²) in [5, 5.41) is 2.16. The third-order valence-electron chi connectivity index (χ3n) is 4.05. The van der Waals surface area contributed by atoms with Crippen LogP contribution in [0.4, 0.5) is 5.69 Å². The fourth-order valence-electron chi connectivity index (χ4n) is 2.91. The molecular formula is C14H18N2O4S. The van der Waals surface area contributed by atoms with Gasteiger partial charge in [0.15, 0.2) is 16.4 Å². The molecule has 2 unspecified atom stereocenters. The lowest BCUT2D eigenvalue weighted by atomic mass is 9.99. The predicted octanol–water partition coefficient (Wildman–Crippen LogP) is 0.985. The molecule has 2 heterocycles. The zero-order chi connectivity index (χ0) is 15.0. The first-order valence-corrected chi connectivity index (χ1v) is 8.73. The minimum absolute atomic E-state index is 0.00456. The van der Waals surface area contributed by atoms with Gasteiger partial charge in [-0.05, 0) is 30.5 Å². The van der Waals surface area contributed by atoms with Gasteiger partial charge >= 0.3 is 0 Å². The predicted molar refractivity (Wildman–Crippen MR) is 78.9 cm³/mol. The van der Waals surface area contributed by atoms with E-state index >= 15 is 0 Å². The van der Waals surface area contributed by atoms with Crippen molar-refractivity contribution < 1.29 is 17.9 Å². The average molecular weight is 310 g/mol. The monoisotopic (exact) mass is 310 g/mol. The summed E-state index contributed by atoms with van der Waals surface area (Å²) in [5.41, 5.74) is 7.43. The molecule has 0 radical (unpaired) electrons. The lowest BCUT2D eigenvalue weighted by Crippen LogP contribution is -2.38. The number of nitrogens with two attached hydrogens (primary N) is 1. The summed E-state index contributed by atoms with van der Waals surface area (Å²) in [7, 11) is -3.15. The molecule has 0 saturated carbocycles. The van der Waals surface area contributed by atoms with Crippen LogP contribution in [-0.2, 0) is 14.6 Å². The highest BCUT2D eigenvalue weighted by Gasteiger charge is 2.34. The van der Waals surface area contributed by atoms with Gasteiger partial charge in [0.2, 0.25) is 0 Å². The van der Waals surface area contributed by atoms with Gasteiger partial charge in [-0.15, -0.1) is 0 Å². The topological polar surface area (TPSA) is 98.5 Å². The highest BCUT2D eigenvalue weighted by molar-refractivity contribution is 7.92. The Bertz CT molecular complexity index is 672. The zero-order valence-corrected chi connectivity index (χ0v) is 12.4. The van der Waals surface area contributed by atoms with Gasteiger partial charge in [0, 0.05) is 6.04 Å². The molecule has 1 aromatic carbocycles. The normalized spacial score (nSPS) is 25.4. The number of nitrogens with one attached hydrogen (secondary N) is 1. The maximum absolute atomic E-state index is 12.2. The van der Waals surface area contributed by atoms with Gasteiger partial charge in [-0.3, -0.25) is 4.79 Å². The van der Waals surface area contributed by atoms with Gasteiger partial charge in [-0.1, -0.05) is 12.5 Å². The number of ether oxygens (including phenoxy) is 1. The number of benzene rings is 1. The Morgan fingerprint density at radius 3 is 2.90 bits per heavy atom. The smallest absolute Gasteiger partial charge is 0.262 e. The summed E-state index contributed by atoms with van der Waals surface area (Å²) in [6, 6.07) is 4.62. The fourth-order valence-corrected chi connectivity index (χ4v) is 4.94. The number of hydrogen-bond donors (Lipinski definition) is 2. The van der Waals surface area contributed by atoms with Gasteiger partial charge in [0.25, 0.3) is 5.91 Å². The lowest BCUT2D eigenvalue weighted by molar-refractivity contribution is -0.118. The summed E-state index contributed by atoms with van der Waals surface area (Å²) in [6.45, 7) is -0.00456. The molecule has 2 aliphatic rings. The molecule has 0 aliphatic carbocycles. The van der Waals surface area contributed by atoms with Crippen molar-refractivity contribution >= 4 is 21.4 Å². The molecule has 3 rings (SSSR count). The van der Waals surface area contributed by atoms with Crippen molar-refractivity contribution in [3.8, 4) is 5.75 Å². The zero-order valence-electron chi connectivity index (χ0n) is 11.5. The van der Waals surface area contributed by atoms with Crippen LogP contribution >= 0.6 is 0 Å². The highest BCUT2D eigenvalue weighted by Crippen LogP contribution is 2.34. The second-order valence-corrected chi connectivity index (χ2v) is 7.86. The van der Waals surface area contributed by atoms with E-state index in [1.807, 2.05) is 0 Å². The molecule has 1 fully saturated rings. The van der Waals surface area contributed by atoms with Crippen LogP contribution in [0.5, 0.6) is 5.75 Å². The number of sulfone groups is 1. The van der Waals surface area contributed by atoms with E-state index in [-0.39, 0.29) is 18.3 Å².